The molecule has 0 aliphatic carbocycles. The predicted molar refractivity (Wildman–Crippen MR) is 96.5 cm³/mol. The van der Waals surface area contributed by atoms with Gasteiger partial charge in [-0.25, -0.2) is 4.79 Å². The number of carboxylic acid groups (broad SMARTS) is 1. The smallest absolute Gasteiger partial charge is 0.407 e. The quantitative estimate of drug-likeness (QED) is 0.825. The predicted octanol–water partition coefficient (Wildman–Crippen LogP) is 1.06. The van der Waals surface area contributed by atoms with Crippen LogP contribution in [0.2, 0.25) is 0 Å². The molecule has 2 aromatic rings. The molecule has 0 bridgehead atoms. The van der Waals surface area contributed by atoms with Crippen molar-refractivity contribution in [3.63, 3.8) is 0 Å². The second-order valence-electron chi connectivity index (χ2n) is 6.88. The fourth-order valence-corrected chi connectivity index (χ4v) is 3.46. The first-order valence-corrected chi connectivity index (χ1v) is 8.95. The number of nitrogens with one attached hydrogen (secondary N) is 1. The minimum Gasteiger partial charge on any atom is -0.465 e. The molecule has 27 heavy (non-hydrogen) atoms. The number of aromatic nitrogens is 4. The van der Waals surface area contributed by atoms with E-state index in [1.807, 2.05) is 27.9 Å². The number of likely N-dealkylation sites (tertiary alicyclic amines) is 1. The van der Waals surface area contributed by atoms with Crippen molar-refractivity contribution in [2.45, 2.75) is 18.9 Å². The molecule has 2 aliphatic rings. The average Bonchev–Trinajstić information content (AvgIpc) is 3.10. The van der Waals surface area contributed by atoms with Gasteiger partial charge in [0.2, 0.25) is 5.91 Å². The Hall–Kier alpha value is -3.17. The van der Waals surface area contributed by atoms with Crippen molar-refractivity contribution < 1.29 is 14.7 Å². The molecule has 4 heterocycles. The van der Waals surface area contributed by atoms with E-state index < -0.39 is 6.09 Å². The number of piperidine rings is 1. The first-order chi connectivity index (χ1) is 13.1. The summed E-state index contributed by atoms with van der Waals surface area (Å²) in [6.07, 6.45) is 5.64. The summed E-state index contributed by atoms with van der Waals surface area (Å²) in [7, 11) is 0. The maximum Gasteiger partial charge on any atom is 0.407 e. The molecular weight excluding hydrogens is 350 g/mol. The summed E-state index contributed by atoms with van der Waals surface area (Å²) in [6.45, 7) is 2.24. The lowest BCUT2D eigenvalue weighted by molar-refractivity contribution is -0.120. The van der Waals surface area contributed by atoms with Gasteiger partial charge in [0, 0.05) is 38.6 Å². The van der Waals surface area contributed by atoms with Gasteiger partial charge >= 0.3 is 6.09 Å². The molecule has 0 spiro atoms. The third-order valence-corrected chi connectivity index (χ3v) is 5.11. The van der Waals surface area contributed by atoms with Crippen LogP contribution in [0.4, 0.5) is 16.3 Å². The van der Waals surface area contributed by atoms with E-state index in [0.29, 0.717) is 31.9 Å². The Morgan fingerprint density at radius 3 is 2.67 bits per heavy atom. The molecule has 0 unspecified atom stereocenters. The Morgan fingerprint density at radius 2 is 2.00 bits per heavy atom. The van der Waals surface area contributed by atoms with Crippen molar-refractivity contribution in [3.8, 4) is 0 Å². The number of nitrogens with zero attached hydrogens (tertiary/aromatic N) is 6. The minimum absolute atomic E-state index is 0.0320. The molecule has 0 aromatic carbocycles. The van der Waals surface area contributed by atoms with E-state index in [-0.39, 0.29) is 17.9 Å². The van der Waals surface area contributed by atoms with Crippen LogP contribution in [0.25, 0.3) is 0 Å². The van der Waals surface area contributed by atoms with E-state index >= 15 is 0 Å². The van der Waals surface area contributed by atoms with Crippen molar-refractivity contribution in [1.29, 1.82) is 0 Å². The molecule has 142 valence electrons. The van der Waals surface area contributed by atoms with E-state index in [9.17, 15) is 9.59 Å². The summed E-state index contributed by atoms with van der Waals surface area (Å²) in [5, 5.41) is 24.2. The summed E-state index contributed by atoms with van der Waals surface area (Å²) in [5.74, 6) is 0.659. The Balaban J connectivity index is 1.27. The second kappa shape index (κ2) is 7.22. The van der Waals surface area contributed by atoms with Gasteiger partial charge in [-0.2, -0.15) is 10.2 Å². The zero-order valence-electron chi connectivity index (χ0n) is 14.7. The minimum atomic E-state index is -0.877. The third-order valence-electron chi connectivity index (χ3n) is 5.11. The van der Waals surface area contributed by atoms with E-state index in [1.165, 1.54) is 4.90 Å². The average molecular weight is 371 g/mol. The molecule has 10 nitrogen and oxygen atoms in total. The fraction of sp³-hybridized carbons (Fsp3) is 0.471. The maximum absolute atomic E-state index is 12.4. The molecule has 10 heteroatoms. The van der Waals surface area contributed by atoms with Crippen molar-refractivity contribution >= 4 is 23.5 Å². The molecule has 0 radical (unpaired) electrons. The Labute approximate surface area is 155 Å². The van der Waals surface area contributed by atoms with Crippen LogP contribution >= 0.6 is 0 Å². The standard InChI is InChI=1S/C17H21N7O3/c25-16(12-9-23(10-12)15-2-1-5-18-21-15)20-13-8-19-24(11-13)14-3-6-22(7-4-14)17(26)27/h1-2,5,8,11-12,14H,3-4,6-7,9-10H2,(H,20,25)(H,26,27). The highest BCUT2D eigenvalue weighted by Crippen LogP contribution is 2.25. The second-order valence-corrected chi connectivity index (χ2v) is 6.88. The lowest BCUT2D eigenvalue weighted by Gasteiger charge is -2.38. The summed E-state index contributed by atoms with van der Waals surface area (Å²) >= 11 is 0. The molecule has 2 N–H and O–H groups in total. The molecule has 2 aromatic heterocycles. The number of amides is 2. The van der Waals surface area contributed by atoms with Gasteiger partial charge in [-0.15, -0.1) is 5.10 Å². The monoisotopic (exact) mass is 371 g/mol. The van der Waals surface area contributed by atoms with Crippen LogP contribution in [0, 0.1) is 5.92 Å². The van der Waals surface area contributed by atoms with Gasteiger partial charge in [-0.1, -0.05) is 0 Å². The van der Waals surface area contributed by atoms with Gasteiger partial charge in [0.05, 0.1) is 23.8 Å². The Kier molecular flexibility index (Phi) is 4.61. The third kappa shape index (κ3) is 3.69. The number of hydrogen-bond donors (Lipinski definition) is 2. The van der Waals surface area contributed by atoms with Crippen LogP contribution < -0.4 is 10.2 Å². The van der Waals surface area contributed by atoms with Gasteiger partial charge in [-0.05, 0) is 25.0 Å². The first-order valence-electron chi connectivity index (χ1n) is 8.95. The zero-order chi connectivity index (χ0) is 18.8. The molecule has 0 saturated carbocycles. The van der Waals surface area contributed by atoms with Gasteiger partial charge in [0.15, 0.2) is 5.82 Å². The lowest BCUT2D eigenvalue weighted by atomic mass is 9.99. The topological polar surface area (TPSA) is 116 Å². The summed E-state index contributed by atoms with van der Waals surface area (Å²) in [5.41, 5.74) is 0.665. The number of carbonyl (C=O) groups excluding carboxylic acids is 1. The molecule has 2 fully saturated rings. The number of hydrogen-bond acceptors (Lipinski definition) is 6. The van der Waals surface area contributed by atoms with Gasteiger partial charge in [0.25, 0.3) is 0 Å². The highest BCUT2D eigenvalue weighted by molar-refractivity contribution is 5.94. The van der Waals surface area contributed by atoms with Crippen LogP contribution in [0.5, 0.6) is 0 Å². The Bertz CT molecular complexity index is 811. The molecule has 2 amide bonds. The van der Waals surface area contributed by atoms with Gasteiger partial charge in [-0.3, -0.25) is 9.48 Å². The van der Waals surface area contributed by atoms with Crippen molar-refractivity contribution in [2.24, 2.45) is 5.92 Å². The maximum atomic E-state index is 12.4. The molecule has 2 saturated heterocycles. The normalized spacial score (nSPS) is 18.2. The van der Waals surface area contributed by atoms with Gasteiger partial charge in [0.1, 0.15) is 0 Å². The van der Waals surface area contributed by atoms with Crippen LogP contribution in [0.15, 0.2) is 30.7 Å². The van der Waals surface area contributed by atoms with Crippen molar-refractivity contribution in [1.82, 2.24) is 24.9 Å². The highest BCUT2D eigenvalue weighted by atomic mass is 16.4. The van der Waals surface area contributed by atoms with Crippen LogP contribution in [-0.2, 0) is 4.79 Å². The van der Waals surface area contributed by atoms with Crippen molar-refractivity contribution in [3.05, 3.63) is 30.7 Å². The summed E-state index contributed by atoms with van der Waals surface area (Å²) in [6, 6.07) is 3.86. The van der Waals surface area contributed by atoms with Gasteiger partial charge < -0.3 is 20.2 Å². The van der Waals surface area contributed by atoms with E-state index in [0.717, 1.165) is 18.7 Å². The summed E-state index contributed by atoms with van der Waals surface area (Å²) in [4.78, 5) is 26.8. The SMILES string of the molecule is O=C(Nc1cnn(C2CCN(C(=O)O)CC2)c1)C1CN(c2cccnn2)C1. The highest BCUT2D eigenvalue weighted by Gasteiger charge is 2.34. The lowest BCUT2D eigenvalue weighted by Crippen LogP contribution is -2.52. The van der Waals surface area contributed by atoms with E-state index in [4.69, 9.17) is 5.11 Å². The number of carbonyl (C=O) groups is 2. The van der Waals surface area contributed by atoms with Crippen LogP contribution in [0.3, 0.4) is 0 Å². The molecular formula is C17H21N7O3. The van der Waals surface area contributed by atoms with E-state index in [2.05, 4.69) is 20.6 Å². The Morgan fingerprint density at radius 1 is 1.22 bits per heavy atom. The largest absolute Gasteiger partial charge is 0.465 e. The number of anilines is 2. The molecule has 2 aliphatic heterocycles. The van der Waals surface area contributed by atoms with Crippen LogP contribution in [-0.4, -0.2) is 68.2 Å². The summed E-state index contributed by atoms with van der Waals surface area (Å²) < 4.78 is 1.82. The van der Waals surface area contributed by atoms with Crippen LogP contribution in [0.1, 0.15) is 18.9 Å². The van der Waals surface area contributed by atoms with Crippen molar-refractivity contribution in [2.75, 3.05) is 36.4 Å². The van der Waals surface area contributed by atoms with E-state index in [1.54, 1.807) is 12.4 Å². The fourth-order valence-electron chi connectivity index (χ4n) is 3.46. The molecule has 4 rings (SSSR count). The number of rotatable bonds is 4. The zero-order valence-corrected chi connectivity index (χ0v) is 14.7. The first kappa shape index (κ1) is 17.3. The molecule has 0 atom stereocenters.